The maximum Gasteiger partial charge on any atom is 0.338 e. The van der Waals surface area contributed by atoms with E-state index < -0.39 is 28.9 Å². The maximum absolute atomic E-state index is 12.4. The molecule has 1 unspecified atom stereocenters. The highest BCUT2D eigenvalue weighted by molar-refractivity contribution is 6.01. The lowest BCUT2D eigenvalue weighted by molar-refractivity contribution is -0.383. The van der Waals surface area contributed by atoms with Crippen molar-refractivity contribution in [3.05, 3.63) is 94.5 Å². The number of nitro benzene ring substituents is 1. The van der Waals surface area contributed by atoms with Crippen LogP contribution in [0.5, 0.6) is 0 Å². The van der Waals surface area contributed by atoms with Gasteiger partial charge in [-0.25, -0.2) is 9.59 Å². The third-order valence-corrected chi connectivity index (χ3v) is 4.42. The molecule has 3 aromatic carbocycles. The summed E-state index contributed by atoms with van der Waals surface area (Å²) in [7, 11) is 0. The number of nitrogens with zero attached hydrogens (tertiary/aromatic N) is 1. The maximum atomic E-state index is 12.4. The van der Waals surface area contributed by atoms with E-state index in [1.54, 1.807) is 24.3 Å². The van der Waals surface area contributed by atoms with Crippen LogP contribution < -0.4 is 16.0 Å². The number of nitro groups is 1. The molecule has 3 amide bonds. The number of ether oxygens (including phenoxy) is 1. The zero-order valence-corrected chi connectivity index (χ0v) is 17.5. The Morgan fingerprint density at radius 1 is 0.818 bits per heavy atom. The van der Waals surface area contributed by atoms with E-state index in [1.807, 2.05) is 6.07 Å². The van der Waals surface area contributed by atoms with Gasteiger partial charge in [0.05, 0.1) is 10.5 Å². The molecule has 0 aliphatic rings. The van der Waals surface area contributed by atoms with Gasteiger partial charge in [0.1, 0.15) is 5.69 Å². The molecule has 3 N–H and O–H groups in total. The number of hydrogen-bond acceptors (Lipinski definition) is 6. The van der Waals surface area contributed by atoms with Gasteiger partial charge in [0.25, 0.3) is 11.6 Å². The molecule has 3 rings (SSSR count). The van der Waals surface area contributed by atoms with Gasteiger partial charge in [0.2, 0.25) is 0 Å². The molecule has 0 saturated carbocycles. The first-order valence-electron chi connectivity index (χ1n) is 9.82. The fourth-order valence-electron chi connectivity index (χ4n) is 2.76. The third kappa shape index (κ3) is 6.37. The fourth-order valence-corrected chi connectivity index (χ4v) is 2.76. The van der Waals surface area contributed by atoms with E-state index in [2.05, 4.69) is 16.0 Å². The number of urea groups is 1. The van der Waals surface area contributed by atoms with Gasteiger partial charge in [0.15, 0.2) is 6.10 Å². The van der Waals surface area contributed by atoms with Crippen molar-refractivity contribution in [2.75, 3.05) is 16.0 Å². The normalized spacial score (nSPS) is 11.1. The summed E-state index contributed by atoms with van der Waals surface area (Å²) >= 11 is 0. The number of benzene rings is 3. The van der Waals surface area contributed by atoms with Gasteiger partial charge < -0.3 is 20.7 Å². The van der Waals surface area contributed by atoms with Crippen LogP contribution in [0.3, 0.4) is 0 Å². The molecule has 3 aromatic rings. The van der Waals surface area contributed by atoms with E-state index in [1.165, 1.54) is 55.5 Å². The second-order valence-corrected chi connectivity index (χ2v) is 6.83. The lowest BCUT2D eigenvalue weighted by Crippen LogP contribution is -2.30. The predicted octanol–water partition coefficient (Wildman–Crippen LogP) is 4.42. The summed E-state index contributed by atoms with van der Waals surface area (Å²) < 4.78 is 5.15. The number of nitrogens with one attached hydrogen (secondary N) is 3. The highest BCUT2D eigenvalue weighted by atomic mass is 16.6. The molecule has 0 radical (unpaired) electrons. The zero-order chi connectivity index (χ0) is 23.8. The van der Waals surface area contributed by atoms with E-state index >= 15 is 0 Å². The van der Waals surface area contributed by atoms with Crippen molar-refractivity contribution in [2.45, 2.75) is 13.0 Å². The summed E-state index contributed by atoms with van der Waals surface area (Å²) in [4.78, 5) is 47.1. The Balaban J connectivity index is 1.55. The quantitative estimate of drug-likeness (QED) is 0.278. The molecule has 0 fully saturated rings. The van der Waals surface area contributed by atoms with Crippen LogP contribution in [0, 0.1) is 10.1 Å². The molecule has 0 bridgehead atoms. The van der Waals surface area contributed by atoms with E-state index in [4.69, 9.17) is 4.74 Å². The van der Waals surface area contributed by atoms with Crippen molar-refractivity contribution in [1.82, 2.24) is 0 Å². The lowest BCUT2D eigenvalue weighted by Gasteiger charge is -2.14. The molecule has 0 aromatic heterocycles. The summed E-state index contributed by atoms with van der Waals surface area (Å²) in [6.07, 6.45) is -1.20. The Bertz CT molecular complexity index is 1170. The van der Waals surface area contributed by atoms with E-state index in [0.717, 1.165) is 0 Å². The fraction of sp³-hybridized carbons (Fsp3) is 0.0870. The zero-order valence-electron chi connectivity index (χ0n) is 17.5. The van der Waals surface area contributed by atoms with Gasteiger partial charge in [-0.15, -0.1) is 0 Å². The molecule has 10 nitrogen and oxygen atoms in total. The van der Waals surface area contributed by atoms with Crippen LogP contribution in [0.15, 0.2) is 78.9 Å². The molecule has 0 spiro atoms. The van der Waals surface area contributed by atoms with Crippen LogP contribution in [0.4, 0.5) is 27.5 Å². The number of amides is 3. The monoisotopic (exact) mass is 448 g/mol. The number of carbonyl (C=O) groups is 3. The summed E-state index contributed by atoms with van der Waals surface area (Å²) in [6, 6.07) is 20.0. The van der Waals surface area contributed by atoms with Crippen molar-refractivity contribution in [3.8, 4) is 0 Å². The first kappa shape index (κ1) is 22.9. The van der Waals surface area contributed by atoms with Crippen LogP contribution in [0.1, 0.15) is 17.3 Å². The number of esters is 1. The van der Waals surface area contributed by atoms with Crippen molar-refractivity contribution < 1.29 is 24.0 Å². The average Bonchev–Trinajstić information content (AvgIpc) is 2.80. The van der Waals surface area contributed by atoms with Gasteiger partial charge in [0, 0.05) is 17.4 Å². The van der Waals surface area contributed by atoms with E-state index in [9.17, 15) is 24.5 Å². The topological polar surface area (TPSA) is 140 Å². The number of carbonyl (C=O) groups excluding carboxylic acids is 3. The average molecular weight is 448 g/mol. The van der Waals surface area contributed by atoms with Gasteiger partial charge in [-0.3, -0.25) is 14.9 Å². The van der Waals surface area contributed by atoms with Gasteiger partial charge in [-0.05, 0) is 49.4 Å². The SMILES string of the molecule is CC(OC(=O)c1ccc(NC(=O)Nc2ccccc2)cc1)C(=O)Nc1ccccc1[N+](=O)[O-]. The summed E-state index contributed by atoms with van der Waals surface area (Å²) in [5.74, 6) is -1.48. The summed E-state index contributed by atoms with van der Waals surface area (Å²) in [6.45, 7) is 1.35. The molecule has 10 heteroatoms. The smallest absolute Gasteiger partial charge is 0.338 e. The Morgan fingerprint density at radius 3 is 2.03 bits per heavy atom. The number of hydrogen-bond donors (Lipinski definition) is 3. The number of anilines is 3. The molecular weight excluding hydrogens is 428 g/mol. The van der Waals surface area contributed by atoms with Crippen LogP contribution in [0.25, 0.3) is 0 Å². The number of rotatable bonds is 7. The van der Waals surface area contributed by atoms with Crippen molar-refractivity contribution in [3.63, 3.8) is 0 Å². The first-order chi connectivity index (χ1) is 15.8. The Kier molecular flexibility index (Phi) is 7.32. The second kappa shape index (κ2) is 10.5. The van der Waals surface area contributed by atoms with Crippen LogP contribution >= 0.6 is 0 Å². The Morgan fingerprint density at radius 2 is 1.39 bits per heavy atom. The van der Waals surface area contributed by atoms with Gasteiger partial charge in [-0.1, -0.05) is 30.3 Å². The summed E-state index contributed by atoms with van der Waals surface area (Å²) in [5.41, 5.74) is 0.961. The number of para-hydroxylation sites is 3. The standard InChI is InChI=1S/C23H20N4O6/c1-15(21(28)26-19-9-5-6-10-20(19)27(31)32)33-22(29)16-11-13-18(14-12-16)25-23(30)24-17-7-3-2-4-8-17/h2-15H,1H3,(H,26,28)(H2,24,25,30). The van der Waals surface area contributed by atoms with Crippen molar-refractivity contribution in [1.29, 1.82) is 0 Å². The van der Waals surface area contributed by atoms with Gasteiger partial charge in [-0.2, -0.15) is 0 Å². The Labute approximate surface area is 188 Å². The Hall–Kier alpha value is -4.73. The van der Waals surface area contributed by atoms with Crippen LogP contribution in [0.2, 0.25) is 0 Å². The summed E-state index contributed by atoms with van der Waals surface area (Å²) in [5, 5.41) is 18.8. The van der Waals surface area contributed by atoms with E-state index in [-0.39, 0.29) is 16.9 Å². The second-order valence-electron chi connectivity index (χ2n) is 6.83. The van der Waals surface area contributed by atoms with E-state index in [0.29, 0.717) is 11.4 Å². The van der Waals surface area contributed by atoms with Crippen LogP contribution in [-0.4, -0.2) is 28.9 Å². The first-order valence-corrected chi connectivity index (χ1v) is 9.82. The molecule has 168 valence electrons. The molecule has 0 aliphatic carbocycles. The van der Waals surface area contributed by atoms with Gasteiger partial charge >= 0.3 is 12.0 Å². The minimum Gasteiger partial charge on any atom is -0.449 e. The molecule has 33 heavy (non-hydrogen) atoms. The molecule has 0 saturated heterocycles. The lowest BCUT2D eigenvalue weighted by atomic mass is 10.2. The van der Waals surface area contributed by atoms with Crippen molar-refractivity contribution in [2.24, 2.45) is 0 Å². The highest BCUT2D eigenvalue weighted by Crippen LogP contribution is 2.23. The third-order valence-electron chi connectivity index (χ3n) is 4.42. The molecule has 1 atom stereocenters. The molecular formula is C23H20N4O6. The minimum absolute atomic E-state index is 0.000365. The van der Waals surface area contributed by atoms with Crippen LogP contribution in [-0.2, 0) is 9.53 Å². The molecule has 0 heterocycles. The predicted molar refractivity (Wildman–Crippen MR) is 122 cm³/mol. The minimum atomic E-state index is -1.20. The molecule has 0 aliphatic heterocycles. The largest absolute Gasteiger partial charge is 0.449 e. The van der Waals surface area contributed by atoms with Crippen molar-refractivity contribution >= 4 is 40.7 Å². The highest BCUT2D eigenvalue weighted by Gasteiger charge is 2.22.